The van der Waals surface area contributed by atoms with Gasteiger partial charge in [0.1, 0.15) is 0 Å². The van der Waals surface area contributed by atoms with E-state index in [1.807, 2.05) is 4.90 Å². The van der Waals surface area contributed by atoms with Gasteiger partial charge in [0.15, 0.2) is 5.96 Å². The summed E-state index contributed by atoms with van der Waals surface area (Å²) in [5.74, 6) is 1.04. The first kappa shape index (κ1) is 10.6. The lowest BCUT2D eigenvalue weighted by atomic mass is 10.00. The van der Waals surface area contributed by atoms with Crippen LogP contribution in [0.15, 0.2) is 0 Å². The van der Waals surface area contributed by atoms with Crippen molar-refractivity contribution in [3.05, 3.63) is 0 Å². The molecule has 0 bridgehead atoms. The van der Waals surface area contributed by atoms with Crippen molar-refractivity contribution in [2.45, 2.75) is 19.8 Å². The van der Waals surface area contributed by atoms with Crippen molar-refractivity contribution in [2.75, 3.05) is 13.1 Å². The molecular formula is C7H16ClN3. The van der Waals surface area contributed by atoms with E-state index >= 15 is 0 Å². The molecular weight excluding hydrogens is 162 g/mol. The monoisotopic (exact) mass is 177 g/mol. The standard InChI is InChI=1S/C7H15N3.ClH/c1-6-2-4-10(5-3-6)7(8)9;/h6H,2-5H2,1H3,(H3,8,9);1H. The lowest BCUT2D eigenvalue weighted by Crippen LogP contribution is -2.41. The van der Waals surface area contributed by atoms with Gasteiger partial charge in [0.25, 0.3) is 0 Å². The maximum atomic E-state index is 7.16. The van der Waals surface area contributed by atoms with Crippen LogP contribution in [0.1, 0.15) is 19.8 Å². The average Bonchev–Trinajstić information content (AvgIpc) is 1.88. The summed E-state index contributed by atoms with van der Waals surface area (Å²) in [6.45, 7) is 4.18. The number of piperidine rings is 1. The largest absolute Gasteiger partial charge is 0.370 e. The molecule has 0 spiro atoms. The number of guanidine groups is 1. The Kier molecular flexibility index (Phi) is 4.26. The summed E-state index contributed by atoms with van der Waals surface area (Å²) in [6, 6.07) is 0. The van der Waals surface area contributed by atoms with Crippen LogP contribution in [0.5, 0.6) is 0 Å². The van der Waals surface area contributed by atoms with E-state index < -0.39 is 0 Å². The molecule has 1 rings (SSSR count). The first-order chi connectivity index (χ1) is 4.70. The highest BCUT2D eigenvalue weighted by molar-refractivity contribution is 5.85. The highest BCUT2D eigenvalue weighted by Crippen LogP contribution is 2.14. The molecule has 0 unspecified atom stereocenters. The summed E-state index contributed by atoms with van der Waals surface area (Å²) >= 11 is 0. The highest BCUT2D eigenvalue weighted by Gasteiger charge is 2.15. The minimum Gasteiger partial charge on any atom is -0.370 e. The fourth-order valence-electron chi connectivity index (χ4n) is 1.25. The first-order valence-corrected chi connectivity index (χ1v) is 3.79. The van der Waals surface area contributed by atoms with E-state index in [1.165, 1.54) is 12.8 Å². The Morgan fingerprint density at radius 2 is 1.91 bits per heavy atom. The summed E-state index contributed by atoms with van der Waals surface area (Å²) in [7, 11) is 0. The van der Waals surface area contributed by atoms with Crippen molar-refractivity contribution in [1.82, 2.24) is 4.90 Å². The van der Waals surface area contributed by atoms with E-state index in [1.54, 1.807) is 0 Å². The summed E-state index contributed by atoms with van der Waals surface area (Å²) < 4.78 is 0. The molecule has 3 nitrogen and oxygen atoms in total. The molecule has 0 aromatic rings. The van der Waals surface area contributed by atoms with Crippen LogP contribution in [-0.4, -0.2) is 23.9 Å². The van der Waals surface area contributed by atoms with Crippen LogP contribution in [0.4, 0.5) is 0 Å². The van der Waals surface area contributed by atoms with Gasteiger partial charge < -0.3 is 10.6 Å². The SMILES string of the molecule is CC1CCN(C(=N)N)CC1.Cl. The first-order valence-electron chi connectivity index (χ1n) is 3.79. The van der Waals surface area contributed by atoms with E-state index in [2.05, 4.69) is 6.92 Å². The summed E-state index contributed by atoms with van der Waals surface area (Å²) in [6.07, 6.45) is 2.36. The molecule has 1 aliphatic heterocycles. The third kappa shape index (κ3) is 2.97. The third-order valence-corrected chi connectivity index (χ3v) is 2.12. The van der Waals surface area contributed by atoms with Crippen LogP contribution >= 0.6 is 12.4 Å². The Bertz CT molecular complexity index is 130. The zero-order valence-electron chi connectivity index (χ0n) is 6.84. The number of likely N-dealkylation sites (tertiary alicyclic amines) is 1. The molecule has 0 amide bonds. The Balaban J connectivity index is 0.000001000. The van der Waals surface area contributed by atoms with Gasteiger partial charge in [-0.05, 0) is 18.8 Å². The third-order valence-electron chi connectivity index (χ3n) is 2.12. The number of nitrogens with zero attached hydrogens (tertiary/aromatic N) is 1. The van der Waals surface area contributed by atoms with E-state index in [4.69, 9.17) is 11.1 Å². The molecule has 1 saturated heterocycles. The fraction of sp³-hybridized carbons (Fsp3) is 0.857. The zero-order valence-corrected chi connectivity index (χ0v) is 7.66. The quantitative estimate of drug-likeness (QED) is 0.429. The molecule has 1 fully saturated rings. The van der Waals surface area contributed by atoms with Crippen LogP contribution in [0.2, 0.25) is 0 Å². The fourth-order valence-corrected chi connectivity index (χ4v) is 1.25. The molecule has 0 aromatic heterocycles. The zero-order chi connectivity index (χ0) is 7.56. The van der Waals surface area contributed by atoms with Crippen molar-refractivity contribution in [3.8, 4) is 0 Å². The van der Waals surface area contributed by atoms with Crippen molar-refractivity contribution in [1.29, 1.82) is 5.41 Å². The van der Waals surface area contributed by atoms with Gasteiger partial charge in [-0.2, -0.15) is 0 Å². The lowest BCUT2D eigenvalue weighted by molar-refractivity contribution is 0.277. The molecule has 0 aromatic carbocycles. The smallest absolute Gasteiger partial charge is 0.188 e. The van der Waals surface area contributed by atoms with Gasteiger partial charge in [-0.1, -0.05) is 6.92 Å². The van der Waals surface area contributed by atoms with E-state index in [0.717, 1.165) is 19.0 Å². The molecule has 0 saturated carbocycles. The second-order valence-electron chi connectivity index (χ2n) is 3.05. The molecule has 0 aliphatic carbocycles. The number of hydrogen-bond acceptors (Lipinski definition) is 1. The Morgan fingerprint density at radius 1 is 1.45 bits per heavy atom. The van der Waals surface area contributed by atoms with Gasteiger partial charge >= 0.3 is 0 Å². The van der Waals surface area contributed by atoms with Crippen molar-refractivity contribution in [2.24, 2.45) is 11.7 Å². The predicted molar refractivity (Wildman–Crippen MR) is 49.1 cm³/mol. The average molecular weight is 178 g/mol. The van der Waals surface area contributed by atoms with Crippen molar-refractivity contribution < 1.29 is 0 Å². The minimum atomic E-state index is 0. The maximum Gasteiger partial charge on any atom is 0.188 e. The van der Waals surface area contributed by atoms with Crippen molar-refractivity contribution >= 4 is 18.4 Å². The normalized spacial score (nSPS) is 19.2. The van der Waals surface area contributed by atoms with Crippen LogP contribution < -0.4 is 5.73 Å². The Morgan fingerprint density at radius 3 is 2.27 bits per heavy atom. The summed E-state index contributed by atoms with van der Waals surface area (Å²) in [5, 5.41) is 7.16. The van der Waals surface area contributed by atoms with Crippen LogP contribution in [0.25, 0.3) is 0 Å². The molecule has 4 heteroatoms. The van der Waals surface area contributed by atoms with Gasteiger partial charge in [0.2, 0.25) is 0 Å². The van der Waals surface area contributed by atoms with Crippen molar-refractivity contribution in [3.63, 3.8) is 0 Å². The van der Waals surface area contributed by atoms with Crippen LogP contribution in [-0.2, 0) is 0 Å². The summed E-state index contributed by atoms with van der Waals surface area (Å²) in [4.78, 5) is 1.93. The number of halogens is 1. The Labute approximate surface area is 73.9 Å². The van der Waals surface area contributed by atoms with Crippen LogP contribution in [0, 0.1) is 11.3 Å². The molecule has 11 heavy (non-hydrogen) atoms. The summed E-state index contributed by atoms with van der Waals surface area (Å²) in [5.41, 5.74) is 5.32. The number of nitrogens with one attached hydrogen (secondary N) is 1. The van der Waals surface area contributed by atoms with E-state index in [-0.39, 0.29) is 18.4 Å². The molecule has 0 atom stereocenters. The molecule has 66 valence electrons. The maximum absolute atomic E-state index is 7.16. The van der Waals surface area contributed by atoms with Gasteiger partial charge in [-0.25, -0.2) is 0 Å². The van der Waals surface area contributed by atoms with E-state index in [0.29, 0.717) is 0 Å². The second kappa shape index (κ2) is 4.44. The molecule has 3 N–H and O–H groups in total. The molecule has 1 aliphatic rings. The topological polar surface area (TPSA) is 53.1 Å². The van der Waals surface area contributed by atoms with Gasteiger partial charge in [-0.15, -0.1) is 12.4 Å². The number of hydrogen-bond donors (Lipinski definition) is 2. The van der Waals surface area contributed by atoms with Gasteiger partial charge in [0.05, 0.1) is 0 Å². The highest BCUT2D eigenvalue weighted by atomic mass is 35.5. The Hall–Kier alpha value is -0.440. The second-order valence-corrected chi connectivity index (χ2v) is 3.05. The van der Waals surface area contributed by atoms with Gasteiger partial charge in [-0.3, -0.25) is 5.41 Å². The number of rotatable bonds is 0. The predicted octanol–water partition coefficient (Wildman–Crippen LogP) is 1.03. The van der Waals surface area contributed by atoms with E-state index in [9.17, 15) is 0 Å². The minimum absolute atomic E-state index is 0. The molecule has 1 heterocycles. The number of nitrogens with two attached hydrogens (primary N) is 1. The van der Waals surface area contributed by atoms with Crippen LogP contribution in [0.3, 0.4) is 0 Å². The van der Waals surface area contributed by atoms with Gasteiger partial charge in [0, 0.05) is 13.1 Å². The lowest BCUT2D eigenvalue weighted by Gasteiger charge is -2.30. The molecule has 0 radical (unpaired) electrons.